The van der Waals surface area contributed by atoms with Gasteiger partial charge in [0.1, 0.15) is 12.1 Å². The van der Waals surface area contributed by atoms with E-state index in [1.54, 1.807) is 10.7 Å². The Hall–Kier alpha value is -3.63. The number of carbonyl (C=O) groups is 1. The highest BCUT2D eigenvalue weighted by Gasteiger charge is 2.29. The van der Waals surface area contributed by atoms with Crippen LogP contribution in [0.25, 0.3) is 5.82 Å². The predicted molar refractivity (Wildman–Crippen MR) is 110 cm³/mol. The number of nitrogens with zero attached hydrogens (tertiary/aromatic N) is 6. The third kappa shape index (κ3) is 3.85. The number of ether oxygens (including phenoxy) is 1. The van der Waals surface area contributed by atoms with Crippen LogP contribution in [0.5, 0.6) is 5.75 Å². The lowest BCUT2D eigenvalue weighted by molar-refractivity contribution is 0.0740. The van der Waals surface area contributed by atoms with Crippen molar-refractivity contribution in [1.29, 1.82) is 0 Å². The summed E-state index contributed by atoms with van der Waals surface area (Å²) >= 11 is 0. The third-order valence-electron chi connectivity index (χ3n) is 5.31. The molecule has 0 radical (unpaired) electrons. The summed E-state index contributed by atoms with van der Waals surface area (Å²) in [6.45, 7) is 5.16. The highest BCUT2D eigenvalue weighted by molar-refractivity contribution is 5.95. The SMILES string of the molecule is COc1c(F)c(F)cc(C(=O)N2CCN(c3cc(-n4nc(C)cc4C)ncn3)CC2)c1F. The molecule has 0 spiro atoms. The lowest BCUT2D eigenvalue weighted by Gasteiger charge is -2.35. The molecule has 0 aliphatic carbocycles. The number of amides is 1. The van der Waals surface area contributed by atoms with Gasteiger partial charge < -0.3 is 14.5 Å². The number of halogens is 3. The van der Waals surface area contributed by atoms with Gasteiger partial charge in [-0.05, 0) is 26.0 Å². The summed E-state index contributed by atoms with van der Waals surface area (Å²) in [7, 11) is 1.01. The quantitative estimate of drug-likeness (QED) is 0.574. The second kappa shape index (κ2) is 8.48. The fourth-order valence-corrected chi connectivity index (χ4v) is 3.71. The zero-order valence-corrected chi connectivity index (χ0v) is 17.8. The predicted octanol–water partition coefficient (Wildman–Crippen LogP) is 2.67. The van der Waals surface area contributed by atoms with Gasteiger partial charge in [-0.2, -0.15) is 9.49 Å². The van der Waals surface area contributed by atoms with Crippen LogP contribution in [0.2, 0.25) is 0 Å². The van der Waals surface area contributed by atoms with Crippen molar-refractivity contribution in [3.63, 3.8) is 0 Å². The first kappa shape index (κ1) is 21.6. The summed E-state index contributed by atoms with van der Waals surface area (Å²) in [6.07, 6.45) is 1.45. The van der Waals surface area contributed by atoms with E-state index in [9.17, 15) is 18.0 Å². The molecule has 1 aromatic carbocycles. The summed E-state index contributed by atoms with van der Waals surface area (Å²) < 4.78 is 48.3. The maximum Gasteiger partial charge on any atom is 0.257 e. The smallest absolute Gasteiger partial charge is 0.257 e. The van der Waals surface area contributed by atoms with Crippen molar-refractivity contribution < 1.29 is 22.7 Å². The highest BCUT2D eigenvalue weighted by atomic mass is 19.2. The number of anilines is 1. The van der Waals surface area contributed by atoms with Gasteiger partial charge in [0, 0.05) is 37.9 Å². The number of methoxy groups -OCH3 is 1. The number of benzene rings is 1. The van der Waals surface area contributed by atoms with Gasteiger partial charge in [-0.25, -0.2) is 23.4 Å². The summed E-state index contributed by atoms with van der Waals surface area (Å²) in [5.41, 5.74) is 1.24. The van der Waals surface area contributed by atoms with Crippen molar-refractivity contribution in [2.24, 2.45) is 0 Å². The van der Waals surface area contributed by atoms with E-state index < -0.39 is 34.7 Å². The lowest BCUT2D eigenvalue weighted by Crippen LogP contribution is -2.49. The van der Waals surface area contributed by atoms with Gasteiger partial charge in [0.05, 0.1) is 18.4 Å². The molecule has 32 heavy (non-hydrogen) atoms. The third-order valence-corrected chi connectivity index (χ3v) is 5.31. The monoisotopic (exact) mass is 446 g/mol. The summed E-state index contributed by atoms with van der Waals surface area (Å²) in [4.78, 5) is 24.7. The summed E-state index contributed by atoms with van der Waals surface area (Å²) in [6, 6.07) is 4.31. The van der Waals surface area contributed by atoms with Crippen molar-refractivity contribution in [2.45, 2.75) is 13.8 Å². The standard InChI is InChI=1S/C21H21F3N6O2/c1-12-8-13(2)30(27-12)17-10-16(25-11-26-17)28-4-6-29(7-5-28)21(31)14-9-15(22)19(24)20(32-3)18(14)23/h8-11H,4-7H2,1-3H3. The summed E-state index contributed by atoms with van der Waals surface area (Å²) in [5.74, 6) is -4.39. The van der Waals surface area contributed by atoms with E-state index in [1.165, 1.54) is 11.2 Å². The van der Waals surface area contributed by atoms with Crippen molar-refractivity contribution in [3.05, 3.63) is 58.9 Å². The van der Waals surface area contributed by atoms with Gasteiger partial charge in [-0.1, -0.05) is 0 Å². The molecule has 3 heterocycles. The molecule has 3 aromatic rings. The van der Waals surface area contributed by atoms with Crippen LogP contribution in [0.1, 0.15) is 21.7 Å². The average Bonchev–Trinajstić information content (AvgIpc) is 3.14. The minimum atomic E-state index is -1.46. The zero-order chi connectivity index (χ0) is 23.0. The first-order chi connectivity index (χ1) is 15.3. The van der Waals surface area contributed by atoms with E-state index in [-0.39, 0.29) is 13.1 Å². The number of aromatic nitrogens is 4. The Morgan fingerprint density at radius 3 is 2.28 bits per heavy atom. The molecular weight excluding hydrogens is 425 g/mol. The first-order valence-electron chi connectivity index (χ1n) is 9.91. The second-order valence-electron chi connectivity index (χ2n) is 7.42. The molecule has 0 bridgehead atoms. The van der Waals surface area contributed by atoms with Crippen LogP contribution in [-0.2, 0) is 0 Å². The number of hydrogen-bond acceptors (Lipinski definition) is 6. The molecule has 1 amide bonds. The molecule has 11 heteroatoms. The molecule has 1 saturated heterocycles. The maximum absolute atomic E-state index is 14.5. The Kier molecular flexibility index (Phi) is 5.72. The Balaban J connectivity index is 1.50. The molecule has 1 fully saturated rings. The largest absolute Gasteiger partial charge is 0.491 e. The average molecular weight is 446 g/mol. The molecule has 0 N–H and O–H groups in total. The van der Waals surface area contributed by atoms with Crippen LogP contribution in [-0.4, -0.2) is 63.8 Å². The van der Waals surface area contributed by atoms with E-state index in [4.69, 9.17) is 0 Å². The maximum atomic E-state index is 14.5. The van der Waals surface area contributed by atoms with Gasteiger partial charge in [0.25, 0.3) is 5.91 Å². The van der Waals surface area contributed by atoms with Crippen LogP contribution in [0.15, 0.2) is 24.5 Å². The number of rotatable bonds is 4. The first-order valence-corrected chi connectivity index (χ1v) is 9.91. The molecule has 2 aromatic heterocycles. The number of hydrogen-bond donors (Lipinski definition) is 0. The minimum Gasteiger partial charge on any atom is -0.491 e. The molecule has 0 atom stereocenters. The number of piperazine rings is 1. The van der Waals surface area contributed by atoms with E-state index in [2.05, 4.69) is 19.8 Å². The van der Waals surface area contributed by atoms with Crippen molar-refractivity contribution >= 4 is 11.7 Å². The lowest BCUT2D eigenvalue weighted by atomic mass is 10.1. The van der Waals surface area contributed by atoms with Gasteiger partial charge in [0.2, 0.25) is 5.82 Å². The van der Waals surface area contributed by atoms with Crippen LogP contribution >= 0.6 is 0 Å². The molecular formula is C21H21F3N6O2. The van der Waals surface area contributed by atoms with E-state index in [1.807, 2.05) is 24.8 Å². The fourth-order valence-electron chi connectivity index (χ4n) is 3.71. The highest BCUT2D eigenvalue weighted by Crippen LogP contribution is 2.28. The number of carbonyl (C=O) groups excluding carboxylic acids is 1. The summed E-state index contributed by atoms with van der Waals surface area (Å²) in [5, 5.41) is 4.42. The van der Waals surface area contributed by atoms with Crippen molar-refractivity contribution in [1.82, 2.24) is 24.6 Å². The van der Waals surface area contributed by atoms with Crippen LogP contribution < -0.4 is 9.64 Å². The normalized spacial score (nSPS) is 14.1. The Bertz CT molecular complexity index is 1170. The van der Waals surface area contributed by atoms with E-state index in [0.717, 1.165) is 18.5 Å². The molecule has 1 aliphatic rings. The molecule has 1 aliphatic heterocycles. The van der Waals surface area contributed by atoms with Gasteiger partial charge >= 0.3 is 0 Å². The molecule has 4 rings (SSSR count). The Morgan fingerprint density at radius 1 is 0.969 bits per heavy atom. The van der Waals surface area contributed by atoms with Gasteiger partial charge in [-0.3, -0.25) is 4.79 Å². The van der Waals surface area contributed by atoms with E-state index >= 15 is 0 Å². The zero-order valence-electron chi connectivity index (χ0n) is 17.8. The van der Waals surface area contributed by atoms with Crippen molar-refractivity contribution in [3.8, 4) is 11.6 Å². The Labute approximate surface area is 182 Å². The van der Waals surface area contributed by atoms with Gasteiger partial charge in [0.15, 0.2) is 23.2 Å². The Morgan fingerprint density at radius 2 is 1.66 bits per heavy atom. The minimum absolute atomic E-state index is 0.249. The molecule has 8 nitrogen and oxygen atoms in total. The van der Waals surface area contributed by atoms with Crippen molar-refractivity contribution in [2.75, 3.05) is 38.2 Å². The van der Waals surface area contributed by atoms with Gasteiger partial charge in [-0.15, -0.1) is 0 Å². The van der Waals surface area contributed by atoms with Crippen LogP contribution in [0, 0.1) is 31.3 Å². The topological polar surface area (TPSA) is 76.4 Å². The fraction of sp³-hybridized carbons (Fsp3) is 0.333. The number of aryl methyl sites for hydroxylation is 2. The second-order valence-corrected chi connectivity index (χ2v) is 7.42. The van der Waals surface area contributed by atoms with Crippen LogP contribution in [0.4, 0.5) is 19.0 Å². The van der Waals surface area contributed by atoms with Crippen LogP contribution in [0.3, 0.4) is 0 Å². The molecule has 168 valence electrons. The van der Waals surface area contributed by atoms with E-state index in [0.29, 0.717) is 30.8 Å². The molecule has 0 saturated carbocycles. The molecule has 0 unspecified atom stereocenters.